The summed E-state index contributed by atoms with van der Waals surface area (Å²) in [4.78, 5) is 12.4. The molecule has 0 aliphatic rings. The Hall–Kier alpha value is -3.12. The normalized spacial score (nSPS) is 11.3. The van der Waals surface area contributed by atoms with Crippen molar-refractivity contribution < 1.29 is 9.53 Å². The molecule has 29 heavy (non-hydrogen) atoms. The van der Waals surface area contributed by atoms with E-state index in [1.807, 2.05) is 38.1 Å². The predicted octanol–water partition coefficient (Wildman–Crippen LogP) is 3.92. The van der Waals surface area contributed by atoms with Crippen LogP contribution in [-0.4, -0.2) is 35.0 Å². The van der Waals surface area contributed by atoms with Gasteiger partial charge in [-0.25, -0.2) is 5.43 Å². The molecule has 3 aromatic rings. The molecule has 0 spiro atoms. The van der Waals surface area contributed by atoms with Crippen LogP contribution in [0, 0.1) is 27.7 Å². The number of nitrogens with one attached hydrogen (secondary N) is 1. The monoisotopic (exact) mass is 392 g/mol. The molecule has 0 aliphatic carbocycles. The summed E-state index contributed by atoms with van der Waals surface area (Å²) in [5.41, 5.74) is 9.75. The van der Waals surface area contributed by atoms with Crippen LogP contribution < -0.4 is 5.43 Å². The summed E-state index contributed by atoms with van der Waals surface area (Å²) < 4.78 is 9.49. The van der Waals surface area contributed by atoms with Gasteiger partial charge in [-0.1, -0.05) is 0 Å². The van der Waals surface area contributed by atoms with Crippen molar-refractivity contribution in [2.45, 2.75) is 34.2 Å². The molecule has 6 nitrogen and oxygen atoms in total. The average molecular weight is 393 g/mol. The minimum atomic E-state index is -0.234. The first-order chi connectivity index (χ1) is 13.9. The molecule has 1 aromatic carbocycles. The van der Waals surface area contributed by atoms with E-state index < -0.39 is 0 Å². The molecular formula is C23H28N4O2. The van der Waals surface area contributed by atoms with Crippen LogP contribution in [0.4, 0.5) is 0 Å². The van der Waals surface area contributed by atoms with Crippen LogP contribution >= 0.6 is 0 Å². The quantitative estimate of drug-likeness (QED) is 0.489. The fraction of sp³-hybridized carbons (Fsp3) is 0.304. The maximum absolute atomic E-state index is 12.4. The van der Waals surface area contributed by atoms with Crippen molar-refractivity contribution in [1.82, 2.24) is 14.6 Å². The van der Waals surface area contributed by atoms with E-state index >= 15 is 0 Å². The van der Waals surface area contributed by atoms with Crippen LogP contribution in [0.5, 0.6) is 0 Å². The highest BCUT2D eigenvalue weighted by Crippen LogP contribution is 2.17. The summed E-state index contributed by atoms with van der Waals surface area (Å²) in [6.45, 7) is 9.66. The van der Waals surface area contributed by atoms with Crippen LogP contribution in [0.25, 0.3) is 5.69 Å². The van der Waals surface area contributed by atoms with Gasteiger partial charge in [0.25, 0.3) is 5.91 Å². The maximum Gasteiger partial charge on any atom is 0.271 e. The van der Waals surface area contributed by atoms with Gasteiger partial charge in [-0.15, -0.1) is 0 Å². The van der Waals surface area contributed by atoms with Gasteiger partial charge in [-0.05, 0) is 70.2 Å². The van der Waals surface area contributed by atoms with Crippen molar-refractivity contribution >= 4 is 12.1 Å². The topological polar surface area (TPSA) is 60.5 Å². The van der Waals surface area contributed by atoms with Gasteiger partial charge < -0.3 is 13.9 Å². The van der Waals surface area contributed by atoms with Gasteiger partial charge in [0.2, 0.25) is 0 Å². The number of hydrogen-bond donors (Lipinski definition) is 1. The van der Waals surface area contributed by atoms with E-state index in [0.717, 1.165) is 40.6 Å². The Labute approximate surface area is 171 Å². The molecule has 6 heteroatoms. The van der Waals surface area contributed by atoms with Crippen molar-refractivity contribution in [3.8, 4) is 5.69 Å². The average Bonchev–Trinajstić information content (AvgIpc) is 3.18. The second kappa shape index (κ2) is 8.92. The molecule has 0 unspecified atom stereocenters. The lowest BCUT2D eigenvalue weighted by molar-refractivity contribution is 0.0955. The number of ether oxygens (including phenoxy) is 1. The van der Waals surface area contributed by atoms with Crippen LogP contribution in [-0.2, 0) is 11.3 Å². The molecule has 0 fully saturated rings. The largest absolute Gasteiger partial charge is 0.383 e. The molecule has 1 amide bonds. The van der Waals surface area contributed by atoms with Crippen molar-refractivity contribution in [1.29, 1.82) is 0 Å². The highest BCUT2D eigenvalue weighted by atomic mass is 16.5. The highest BCUT2D eigenvalue weighted by molar-refractivity contribution is 5.95. The van der Waals surface area contributed by atoms with Crippen LogP contribution in [0.2, 0.25) is 0 Å². The van der Waals surface area contributed by atoms with E-state index in [-0.39, 0.29) is 5.91 Å². The van der Waals surface area contributed by atoms with E-state index in [1.165, 1.54) is 0 Å². The third-order valence-corrected chi connectivity index (χ3v) is 5.16. The van der Waals surface area contributed by atoms with Crippen molar-refractivity contribution in [2.24, 2.45) is 5.10 Å². The molecule has 1 N–H and O–H groups in total. The molecule has 0 saturated carbocycles. The standard InChI is InChI=1S/C23H28N4O2/c1-16-6-7-17(2)27(16)22-10-8-20(9-11-22)23(28)25-24-15-21-14-18(3)26(19(21)4)12-13-29-5/h6-11,14-15H,12-13H2,1-5H3,(H,25,28). The Kier molecular flexibility index (Phi) is 6.34. The number of rotatable bonds is 7. The van der Waals surface area contributed by atoms with Gasteiger partial charge in [-0.2, -0.15) is 5.10 Å². The molecule has 2 heterocycles. The number of carbonyl (C=O) groups excluding carboxylic acids is 1. The van der Waals surface area contributed by atoms with Crippen LogP contribution in [0.15, 0.2) is 47.6 Å². The van der Waals surface area contributed by atoms with E-state index in [2.05, 4.69) is 51.7 Å². The Morgan fingerprint density at radius 2 is 1.69 bits per heavy atom. The zero-order valence-corrected chi connectivity index (χ0v) is 17.7. The molecule has 152 valence electrons. The van der Waals surface area contributed by atoms with Crippen molar-refractivity contribution in [3.63, 3.8) is 0 Å². The van der Waals surface area contributed by atoms with E-state index in [0.29, 0.717) is 12.2 Å². The molecule has 0 radical (unpaired) electrons. The SMILES string of the molecule is COCCn1c(C)cc(C=NNC(=O)c2ccc(-n3c(C)ccc3C)cc2)c1C. The number of methoxy groups -OCH3 is 1. The second-order valence-corrected chi connectivity index (χ2v) is 7.17. The first-order valence-electron chi connectivity index (χ1n) is 9.67. The first kappa shape index (κ1) is 20.6. The van der Waals surface area contributed by atoms with Gasteiger partial charge in [0.05, 0.1) is 12.8 Å². The maximum atomic E-state index is 12.4. The zero-order valence-electron chi connectivity index (χ0n) is 17.7. The first-order valence-corrected chi connectivity index (χ1v) is 9.67. The molecular weight excluding hydrogens is 364 g/mol. The Bertz CT molecular complexity index is 1010. The summed E-state index contributed by atoms with van der Waals surface area (Å²) >= 11 is 0. The van der Waals surface area contributed by atoms with E-state index in [9.17, 15) is 4.79 Å². The third kappa shape index (κ3) is 4.49. The number of hydrazone groups is 1. The summed E-state index contributed by atoms with van der Waals surface area (Å²) in [6.07, 6.45) is 1.68. The van der Waals surface area contributed by atoms with Gasteiger partial charge in [0, 0.05) is 53.2 Å². The molecule has 0 aliphatic heterocycles. The summed E-state index contributed by atoms with van der Waals surface area (Å²) in [6, 6.07) is 13.7. The van der Waals surface area contributed by atoms with Crippen molar-refractivity contribution in [2.75, 3.05) is 13.7 Å². The highest BCUT2D eigenvalue weighted by Gasteiger charge is 2.09. The Morgan fingerprint density at radius 3 is 2.31 bits per heavy atom. The molecule has 0 saturated heterocycles. The van der Waals surface area contributed by atoms with Crippen LogP contribution in [0.1, 0.15) is 38.7 Å². The smallest absolute Gasteiger partial charge is 0.271 e. The second-order valence-electron chi connectivity index (χ2n) is 7.17. The molecule has 0 atom stereocenters. The number of carbonyl (C=O) groups is 1. The number of amides is 1. The number of aryl methyl sites for hydroxylation is 3. The summed E-state index contributed by atoms with van der Waals surface area (Å²) in [5.74, 6) is -0.234. The number of nitrogens with zero attached hydrogens (tertiary/aromatic N) is 3. The molecule has 3 rings (SSSR count). The Balaban J connectivity index is 1.67. The van der Waals surface area contributed by atoms with Gasteiger partial charge in [0.15, 0.2) is 0 Å². The predicted molar refractivity (Wildman–Crippen MR) is 116 cm³/mol. The number of hydrogen-bond acceptors (Lipinski definition) is 3. The van der Waals surface area contributed by atoms with Gasteiger partial charge >= 0.3 is 0 Å². The molecule has 0 bridgehead atoms. The van der Waals surface area contributed by atoms with Crippen molar-refractivity contribution in [3.05, 3.63) is 76.4 Å². The minimum absolute atomic E-state index is 0.234. The van der Waals surface area contributed by atoms with Gasteiger partial charge in [0.1, 0.15) is 0 Å². The third-order valence-electron chi connectivity index (χ3n) is 5.16. The zero-order chi connectivity index (χ0) is 21.0. The lowest BCUT2D eigenvalue weighted by Gasteiger charge is -2.10. The fourth-order valence-corrected chi connectivity index (χ4v) is 3.55. The number of benzene rings is 1. The van der Waals surface area contributed by atoms with Crippen LogP contribution in [0.3, 0.4) is 0 Å². The summed E-state index contributed by atoms with van der Waals surface area (Å²) in [7, 11) is 1.69. The lowest BCUT2D eigenvalue weighted by Crippen LogP contribution is -2.17. The molecule has 2 aromatic heterocycles. The lowest BCUT2D eigenvalue weighted by atomic mass is 10.2. The van der Waals surface area contributed by atoms with E-state index in [1.54, 1.807) is 13.3 Å². The fourth-order valence-electron chi connectivity index (χ4n) is 3.55. The summed E-state index contributed by atoms with van der Waals surface area (Å²) in [5, 5.41) is 4.14. The van der Waals surface area contributed by atoms with E-state index in [4.69, 9.17) is 4.74 Å². The van der Waals surface area contributed by atoms with Gasteiger partial charge in [-0.3, -0.25) is 4.79 Å². The number of aromatic nitrogens is 2. The minimum Gasteiger partial charge on any atom is -0.383 e. The Morgan fingerprint density at radius 1 is 1.03 bits per heavy atom.